The molecule has 276 valence electrons. The molecule has 0 amide bonds. The number of nitrogens with zero attached hydrogens (tertiary/aromatic N) is 7. The van der Waals surface area contributed by atoms with Gasteiger partial charge in [-0.05, 0) is 128 Å². The first kappa shape index (κ1) is 37.0. The van der Waals surface area contributed by atoms with Crippen molar-refractivity contribution < 1.29 is 8.78 Å². The maximum absolute atomic E-state index is 14.0. The molecule has 2 aromatic heterocycles. The number of rotatable bonds is 12. The average Bonchev–Trinajstić information content (AvgIpc) is 3.71. The van der Waals surface area contributed by atoms with Crippen LogP contribution in [0.5, 0.6) is 0 Å². The second-order valence-corrected chi connectivity index (χ2v) is 14.4. The number of benzene rings is 3. The lowest BCUT2D eigenvalue weighted by atomic mass is 9.90. The van der Waals surface area contributed by atoms with E-state index in [0.29, 0.717) is 41.2 Å². The van der Waals surface area contributed by atoms with E-state index in [0.717, 1.165) is 103 Å². The van der Waals surface area contributed by atoms with E-state index in [1.165, 1.54) is 0 Å². The molecule has 2 aliphatic rings. The van der Waals surface area contributed by atoms with Gasteiger partial charge in [0, 0.05) is 44.2 Å². The molecule has 2 aliphatic heterocycles. The minimum atomic E-state index is -2.82. The van der Waals surface area contributed by atoms with Crippen molar-refractivity contribution >= 4 is 28.3 Å². The molecule has 2 saturated heterocycles. The summed E-state index contributed by atoms with van der Waals surface area (Å²) in [5.74, 6) is 0.300. The standard InChI is InChI=1S/C44H46F2N8/c1-4-30-15-19-54(20-16-30)27-31-13-14-33(35(21-31)25-47)24-39(48-3)38-12-8-11-37(29(38)2)34-9-7-10-36(23-34)50-43-41-40(51-44(52-43)42(45)46)22-32(26-49-41)28-53-17-5-6-18-53/h4,7-14,21-23,26,30,42H,1,5-6,15-20,24,27-28H2,2-3H3,(H,50,51,52). The fraction of sp³-hybridized carbons (Fsp3) is 0.341. The van der Waals surface area contributed by atoms with Gasteiger partial charge in [-0.2, -0.15) is 5.26 Å². The number of aromatic nitrogens is 3. The first-order chi connectivity index (χ1) is 26.3. The third-order valence-electron chi connectivity index (χ3n) is 10.8. The van der Waals surface area contributed by atoms with Crippen LogP contribution >= 0.6 is 0 Å². The van der Waals surface area contributed by atoms with Crippen molar-refractivity contribution in [2.45, 2.75) is 58.5 Å². The summed E-state index contributed by atoms with van der Waals surface area (Å²) in [5.41, 5.74) is 10.1. The SMILES string of the molecule is C=CC1CCN(Cc2ccc(CC(=NC)c3cccc(-c4cccc(Nc5nc(C(F)F)nc6cc(CN7CCCC7)cnc56)c4)c3C)c(C#N)c2)CC1. The Labute approximate surface area is 316 Å². The number of piperidine rings is 1. The maximum Gasteiger partial charge on any atom is 0.297 e. The lowest BCUT2D eigenvalue weighted by molar-refractivity contribution is 0.141. The summed E-state index contributed by atoms with van der Waals surface area (Å²) >= 11 is 0. The van der Waals surface area contributed by atoms with Crippen LogP contribution in [0.25, 0.3) is 22.2 Å². The summed E-state index contributed by atoms with van der Waals surface area (Å²) in [5, 5.41) is 13.4. The van der Waals surface area contributed by atoms with E-state index >= 15 is 0 Å². The Morgan fingerprint density at radius 2 is 1.74 bits per heavy atom. The van der Waals surface area contributed by atoms with Crippen LogP contribution in [0.2, 0.25) is 0 Å². The Morgan fingerprint density at radius 3 is 2.48 bits per heavy atom. The van der Waals surface area contributed by atoms with Gasteiger partial charge in [0.25, 0.3) is 6.43 Å². The summed E-state index contributed by atoms with van der Waals surface area (Å²) in [6.07, 6.45) is 6.14. The molecule has 0 saturated carbocycles. The highest BCUT2D eigenvalue weighted by molar-refractivity contribution is 6.04. The van der Waals surface area contributed by atoms with Crippen molar-refractivity contribution in [1.82, 2.24) is 24.8 Å². The quantitative estimate of drug-likeness (QED) is 0.101. The molecule has 7 rings (SSSR count). The lowest BCUT2D eigenvalue weighted by Gasteiger charge is -2.30. The molecule has 10 heteroatoms. The van der Waals surface area contributed by atoms with Crippen LogP contribution in [0.4, 0.5) is 20.3 Å². The van der Waals surface area contributed by atoms with Crippen molar-refractivity contribution in [2.75, 3.05) is 38.5 Å². The minimum Gasteiger partial charge on any atom is -0.338 e. The molecule has 4 heterocycles. The van der Waals surface area contributed by atoms with Gasteiger partial charge in [0.05, 0.1) is 17.1 Å². The molecular weight excluding hydrogens is 679 g/mol. The molecule has 0 atom stereocenters. The summed E-state index contributed by atoms with van der Waals surface area (Å²) < 4.78 is 28.0. The molecule has 2 fully saturated rings. The number of halogens is 2. The van der Waals surface area contributed by atoms with Crippen molar-refractivity contribution in [1.29, 1.82) is 5.26 Å². The van der Waals surface area contributed by atoms with Crippen LogP contribution < -0.4 is 5.32 Å². The zero-order chi connectivity index (χ0) is 37.6. The molecule has 3 aromatic carbocycles. The molecule has 5 aromatic rings. The van der Waals surface area contributed by atoms with Crippen LogP contribution in [-0.4, -0.2) is 63.7 Å². The number of anilines is 2. The number of pyridine rings is 1. The van der Waals surface area contributed by atoms with E-state index in [-0.39, 0.29) is 5.82 Å². The Balaban J connectivity index is 1.11. The van der Waals surface area contributed by atoms with Gasteiger partial charge in [0.2, 0.25) is 0 Å². The summed E-state index contributed by atoms with van der Waals surface area (Å²) in [6.45, 7) is 11.7. The fourth-order valence-electron chi connectivity index (χ4n) is 7.77. The molecular formula is C44H46F2N8. The van der Waals surface area contributed by atoms with Crippen molar-refractivity contribution in [3.8, 4) is 17.2 Å². The molecule has 0 aliphatic carbocycles. The number of hydrogen-bond donors (Lipinski definition) is 1. The molecule has 8 nitrogen and oxygen atoms in total. The Bertz CT molecular complexity index is 2210. The molecule has 0 unspecified atom stereocenters. The first-order valence-corrected chi connectivity index (χ1v) is 18.8. The zero-order valence-corrected chi connectivity index (χ0v) is 31.0. The van der Waals surface area contributed by atoms with Crippen molar-refractivity contribution in [2.24, 2.45) is 10.9 Å². The number of allylic oxidation sites excluding steroid dienone is 1. The van der Waals surface area contributed by atoms with E-state index < -0.39 is 12.2 Å². The number of aliphatic imine (C=N–C) groups is 1. The highest BCUT2D eigenvalue weighted by Gasteiger charge is 2.20. The zero-order valence-electron chi connectivity index (χ0n) is 31.0. The van der Waals surface area contributed by atoms with Gasteiger partial charge in [-0.25, -0.2) is 18.7 Å². The van der Waals surface area contributed by atoms with E-state index in [1.54, 1.807) is 13.2 Å². The Hall–Kier alpha value is -5.37. The largest absolute Gasteiger partial charge is 0.338 e. The Morgan fingerprint density at radius 1 is 0.981 bits per heavy atom. The number of fused-ring (bicyclic) bond motifs is 1. The highest BCUT2D eigenvalue weighted by atomic mass is 19.3. The Kier molecular flexibility index (Phi) is 11.5. The van der Waals surface area contributed by atoms with Gasteiger partial charge in [-0.15, -0.1) is 6.58 Å². The minimum absolute atomic E-state index is 0.239. The van der Waals surface area contributed by atoms with Crippen molar-refractivity contribution in [3.63, 3.8) is 0 Å². The normalized spacial score (nSPS) is 15.9. The molecule has 0 spiro atoms. The third-order valence-corrected chi connectivity index (χ3v) is 10.8. The van der Waals surface area contributed by atoms with Crippen LogP contribution in [0, 0.1) is 24.2 Å². The molecule has 1 N–H and O–H groups in total. The smallest absolute Gasteiger partial charge is 0.297 e. The van der Waals surface area contributed by atoms with Crippen LogP contribution in [0.15, 0.2) is 90.6 Å². The fourth-order valence-corrected chi connectivity index (χ4v) is 7.77. The predicted molar refractivity (Wildman–Crippen MR) is 212 cm³/mol. The molecule has 54 heavy (non-hydrogen) atoms. The van der Waals surface area contributed by atoms with Gasteiger partial charge in [-0.1, -0.05) is 48.5 Å². The predicted octanol–water partition coefficient (Wildman–Crippen LogP) is 9.21. The number of nitrogens with one attached hydrogen (secondary N) is 1. The first-order valence-electron chi connectivity index (χ1n) is 18.8. The third kappa shape index (κ3) is 8.38. The van der Waals surface area contributed by atoms with E-state index in [2.05, 4.69) is 80.0 Å². The summed E-state index contributed by atoms with van der Waals surface area (Å²) in [7, 11) is 1.79. The van der Waals surface area contributed by atoms with Crippen molar-refractivity contribution in [3.05, 3.63) is 125 Å². The van der Waals surface area contributed by atoms with Crippen LogP contribution in [-0.2, 0) is 19.5 Å². The molecule has 0 radical (unpaired) electrons. The number of alkyl halides is 2. The summed E-state index contributed by atoms with van der Waals surface area (Å²) in [6, 6.07) is 24.5. The van der Waals surface area contributed by atoms with E-state index in [1.807, 2.05) is 42.5 Å². The highest BCUT2D eigenvalue weighted by Crippen LogP contribution is 2.32. The topological polar surface area (TPSA) is 93.3 Å². The number of nitriles is 1. The average molecular weight is 725 g/mol. The van der Waals surface area contributed by atoms with Gasteiger partial charge < -0.3 is 5.32 Å². The number of hydrogen-bond acceptors (Lipinski definition) is 8. The van der Waals surface area contributed by atoms with Gasteiger partial charge in [0.15, 0.2) is 11.6 Å². The van der Waals surface area contributed by atoms with Crippen LogP contribution in [0.3, 0.4) is 0 Å². The second kappa shape index (κ2) is 16.8. The van der Waals surface area contributed by atoms with Gasteiger partial charge in [0.1, 0.15) is 5.52 Å². The van der Waals surface area contributed by atoms with Gasteiger partial charge >= 0.3 is 0 Å². The second-order valence-electron chi connectivity index (χ2n) is 14.4. The van der Waals surface area contributed by atoms with Gasteiger partial charge in [-0.3, -0.25) is 19.8 Å². The van der Waals surface area contributed by atoms with E-state index in [9.17, 15) is 14.0 Å². The van der Waals surface area contributed by atoms with Crippen LogP contribution in [0.1, 0.15) is 71.3 Å². The number of likely N-dealkylation sites (tertiary alicyclic amines) is 2. The maximum atomic E-state index is 14.0. The van der Waals surface area contributed by atoms with E-state index in [4.69, 9.17) is 4.99 Å². The lowest BCUT2D eigenvalue weighted by Crippen LogP contribution is -2.32. The monoisotopic (exact) mass is 724 g/mol. The summed E-state index contributed by atoms with van der Waals surface area (Å²) in [4.78, 5) is 22.5. The molecule has 0 bridgehead atoms.